The van der Waals surface area contributed by atoms with Gasteiger partial charge in [-0.25, -0.2) is 4.98 Å². The minimum atomic E-state index is -4.40. The molecule has 10 heteroatoms. The number of rotatable bonds is 4. The molecule has 26 heavy (non-hydrogen) atoms. The van der Waals surface area contributed by atoms with Gasteiger partial charge in [-0.3, -0.25) is 4.79 Å². The molecule has 0 radical (unpaired) electrons. The van der Waals surface area contributed by atoms with E-state index in [9.17, 15) is 18.0 Å². The van der Waals surface area contributed by atoms with Crippen LogP contribution in [-0.2, 0) is 4.79 Å². The molecule has 2 heterocycles. The van der Waals surface area contributed by atoms with Crippen LogP contribution in [0.1, 0.15) is 32.1 Å². The summed E-state index contributed by atoms with van der Waals surface area (Å²) in [5.74, 6) is 0.302. The van der Waals surface area contributed by atoms with Crippen LogP contribution in [0, 0.1) is 5.92 Å². The smallest absolute Gasteiger partial charge is 0.422 e. The van der Waals surface area contributed by atoms with Crippen LogP contribution in [0.25, 0.3) is 0 Å². The number of hydrogen-bond acceptors (Lipinski definition) is 4. The van der Waals surface area contributed by atoms with Gasteiger partial charge in [0.25, 0.3) is 0 Å². The lowest BCUT2D eigenvalue weighted by atomic mass is 9.85. The van der Waals surface area contributed by atoms with E-state index in [0.717, 1.165) is 19.3 Å². The van der Waals surface area contributed by atoms with E-state index < -0.39 is 12.8 Å². The average molecular weight is 416 g/mol. The number of amides is 1. The monoisotopic (exact) mass is 415 g/mol. The molecular formula is C16H22Cl2F3N3O2. The topological polar surface area (TPSA) is 63.2 Å². The minimum absolute atomic E-state index is 0. The Morgan fingerprint density at radius 1 is 1.27 bits per heavy atom. The van der Waals surface area contributed by atoms with Crippen LogP contribution >= 0.6 is 24.8 Å². The largest absolute Gasteiger partial charge is 0.468 e. The Labute approximate surface area is 162 Å². The van der Waals surface area contributed by atoms with Crippen molar-refractivity contribution in [1.29, 1.82) is 0 Å². The zero-order valence-corrected chi connectivity index (χ0v) is 15.6. The Hall–Kier alpha value is -1.25. The summed E-state index contributed by atoms with van der Waals surface area (Å²) in [5, 5.41) is 6.13. The number of pyridine rings is 1. The Kier molecular flexibility index (Phi) is 8.43. The summed E-state index contributed by atoms with van der Waals surface area (Å²) in [6, 6.07) is 2.99. The van der Waals surface area contributed by atoms with Crippen molar-refractivity contribution < 1.29 is 22.7 Å². The molecule has 2 N–H and O–H groups in total. The van der Waals surface area contributed by atoms with E-state index in [1.165, 1.54) is 31.2 Å². The molecule has 2 fully saturated rings. The molecule has 2 aliphatic rings. The van der Waals surface area contributed by atoms with E-state index in [1.807, 2.05) is 0 Å². The van der Waals surface area contributed by atoms with Gasteiger partial charge in [0.2, 0.25) is 11.8 Å². The molecule has 3 rings (SSSR count). The standard InChI is InChI=1S/C16H20F3N3O2.2ClH/c17-16(18,19)9-24-14-6-5-11(8-20-14)21-15(23)13-7-10-3-1-2-4-12(10)22-13;;/h5-6,8,10,12-13,22H,1-4,7,9H2,(H,21,23);2*1H. The zero-order chi connectivity index (χ0) is 17.2. The first-order chi connectivity index (χ1) is 11.4. The summed E-state index contributed by atoms with van der Waals surface area (Å²) in [7, 11) is 0. The first-order valence-corrected chi connectivity index (χ1v) is 8.13. The van der Waals surface area contributed by atoms with Crippen molar-refractivity contribution in [3.8, 4) is 5.88 Å². The van der Waals surface area contributed by atoms with E-state index in [-0.39, 0.29) is 42.6 Å². The third-order valence-corrected chi connectivity index (χ3v) is 4.57. The van der Waals surface area contributed by atoms with Crippen LogP contribution in [0.15, 0.2) is 18.3 Å². The normalized spacial score (nSPS) is 24.7. The summed E-state index contributed by atoms with van der Waals surface area (Å²) in [5.41, 5.74) is 0.441. The third kappa shape index (κ3) is 6.17. The van der Waals surface area contributed by atoms with Gasteiger partial charge < -0.3 is 15.4 Å². The van der Waals surface area contributed by atoms with Gasteiger partial charge >= 0.3 is 6.18 Å². The van der Waals surface area contributed by atoms with E-state index >= 15 is 0 Å². The Bertz CT molecular complexity index is 573. The highest BCUT2D eigenvalue weighted by atomic mass is 35.5. The summed E-state index contributed by atoms with van der Waals surface area (Å²) in [6.07, 6.45) is 2.42. The first kappa shape index (κ1) is 22.8. The predicted octanol–water partition coefficient (Wildman–Crippen LogP) is 3.73. The molecule has 1 saturated heterocycles. The van der Waals surface area contributed by atoms with Crippen LogP contribution in [-0.4, -0.2) is 35.8 Å². The maximum Gasteiger partial charge on any atom is 0.422 e. The fraction of sp³-hybridized carbons (Fsp3) is 0.625. The first-order valence-electron chi connectivity index (χ1n) is 8.13. The van der Waals surface area contributed by atoms with Crippen LogP contribution in [0.5, 0.6) is 5.88 Å². The summed E-state index contributed by atoms with van der Waals surface area (Å²) >= 11 is 0. The summed E-state index contributed by atoms with van der Waals surface area (Å²) in [6.45, 7) is -1.39. The molecule has 5 nitrogen and oxygen atoms in total. The molecule has 0 spiro atoms. The van der Waals surface area contributed by atoms with Gasteiger partial charge in [0, 0.05) is 12.1 Å². The van der Waals surface area contributed by atoms with Crippen LogP contribution in [0.3, 0.4) is 0 Å². The van der Waals surface area contributed by atoms with Crippen molar-refractivity contribution in [3.63, 3.8) is 0 Å². The Balaban J connectivity index is 0.00000169. The Morgan fingerprint density at radius 2 is 2.00 bits per heavy atom. The highest BCUT2D eigenvalue weighted by Crippen LogP contribution is 2.33. The molecule has 0 aromatic carbocycles. The molecule has 1 aliphatic heterocycles. The van der Waals surface area contributed by atoms with Crippen molar-refractivity contribution in [2.45, 2.75) is 50.4 Å². The number of nitrogens with one attached hydrogen (secondary N) is 2. The molecule has 1 aliphatic carbocycles. The lowest BCUT2D eigenvalue weighted by Gasteiger charge is -2.24. The molecule has 148 valence electrons. The number of carbonyl (C=O) groups is 1. The summed E-state index contributed by atoms with van der Waals surface area (Å²) < 4.78 is 40.8. The molecule has 1 amide bonds. The van der Waals surface area contributed by atoms with Crippen molar-refractivity contribution in [2.24, 2.45) is 5.92 Å². The van der Waals surface area contributed by atoms with Gasteiger partial charge in [-0.15, -0.1) is 24.8 Å². The second kappa shape index (κ2) is 9.62. The third-order valence-electron chi connectivity index (χ3n) is 4.57. The predicted molar refractivity (Wildman–Crippen MR) is 96.2 cm³/mol. The average Bonchev–Trinajstić information content (AvgIpc) is 2.98. The highest BCUT2D eigenvalue weighted by molar-refractivity contribution is 5.95. The van der Waals surface area contributed by atoms with Crippen LogP contribution < -0.4 is 15.4 Å². The second-order valence-corrected chi connectivity index (χ2v) is 6.38. The van der Waals surface area contributed by atoms with Crippen molar-refractivity contribution >= 4 is 36.4 Å². The van der Waals surface area contributed by atoms with E-state index in [0.29, 0.717) is 17.6 Å². The number of ether oxygens (including phenoxy) is 1. The molecule has 1 saturated carbocycles. The summed E-state index contributed by atoms with van der Waals surface area (Å²) in [4.78, 5) is 16.1. The molecule has 3 unspecified atom stereocenters. The maximum absolute atomic E-state index is 12.3. The second-order valence-electron chi connectivity index (χ2n) is 6.38. The fourth-order valence-corrected chi connectivity index (χ4v) is 3.45. The lowest BCUT2D eigenvalue weighted by Crippen LogP contribution is -2.39. The van der Waals surface area contributed by atoms with Gasteiger partial charge in [0.15, 0.2) is 6.61 Å². The van der Waals surface area contributed by atoms with Crippen LogP contribution in [0.2, 0.25) is 0 Å². The van der Waals surface area contributed by atoms with E-state index in [1.54, 1.807) is 0 Å². The number of carbonyl (C=O) groups excluding carboxylic acids is 1. The molecule has 3 atom stereocenters. The van der Waals surface area contributed by atoms with E-state index in [2.05, 4.69) is 20.4 Å². The SMILES string of the molecule is Cl.Cl.O=C(Nc1ccc(OCC(F)(F)F)nc1)C1CC2CCCCC2N1. The highest BCUT2D eigenvalue weighted by Gasteiger charge is 2.38. The van der Waals surface area contributed by atoms with Crippen LogP contribution in [0.4, 0.5) is 18.9 Å². The number of halogens is 5. The number of alkyl halides is 3. The van der Waals surface area contributed by atoms with Crippen molar-refractivity contribution in [2.75, 3.05) is 11.9 Å². The molecule has 0 bridgehead atoms. The van der Waals surface area contributed by atoms with Gasteiger partial charge in [0.1, 0.15) is 0 Å². The molecular weight excluding hydrogens is 394 g/mol. The van der Waals surface area contributed by atoms with Gasteiger partial charge in [-0.1, -0.05) is 12.8 Å². The lowest BCUT2D eigenvalue weighted by molar-refractivity contribution is -0.154. The number of nitrogens with zero attached hydrogens (tertiary/aromatic N) is 1. The maximum atomic E-state index is 12.3. The van der Waals surface area contributed by atoms with E-state index in [4.69, 9.17) is 0 Å². The van der Waals surface area contributed by atoms with Gasteiger partial charge in [-0.2, -0.15) is 13.2 Å². The van der Waals surface area contributed by atoms with Crippen molar-refractivity contribution in [3.05, 3.63) is 18.3 Å². The van der Waals surface area contributed by atoms with Crippen molar-refractivity contribution in [1.82, 2.24) is 10.3 Å². The quantitative estimate of drug-likeness (QED) is 0.786. The molecule has 1 aromatic heterocycles. The van der Waals surface area contributed by atoms with Gasteiger partial charge in [0.05, 0.1) is 17.9 Å². The minimum Gasteiger partial charge on any atom is -0.468 e. The van der Waals surface area contributed by atoms with Gasteiger partial charge in [-0.05, 0) is 31.2 Å². The number of hydrogen-bond donors (Lipinski definition) is 2. The number of aromatic nitrogens is 1. The zero-order valence-electron chi connectivity index (χ0n) is 13.9. The Morgan fingerprint density at radius 3 is 2.62 bits per heavy atom. The number of anilines is 1. The fourth-order valence-electron chi connectivity index (χ4n) is 3.45. The number of fused-ring (bicyclic) bond motifs is 1. The molecule has 1 aromatic rings.